The van der Waals surface area contributed by atoms with E-state index in [1.165, 1.54) is 24.3 Å². The Hall–Kier alpha value is -2.45. The van der Waals surface area contributed by atoms with Crippen LogP contribution in [0.15, 0.2) is 53.4 Å². The van der Waals surface area contributed by atoms with Crippen LogP contribution in [-0.4, -0.2) is 24.5 Å². The van der Waals surface area contributed by atoms with Crippen molar-refractivity contribution in [3.8, 4) is 11.1 Å². The number of aromatic carboxylic acids is 1. The molecule has 0 spiro atoms. The Morgan fingerprint density at radius 2 is 1.54 bits per heavy atom. The van der Waals surface area contributed by atoms with Crippen molar-refractivity contribution in [1.82, 2.24) is 4.98 Å². The second kappa shape index (κ2) is 12.5. The van der Waals surface area contributed by atoms with Crippen molar-refractivity contribution in [2.24, 2.45) is 11.7 Å². The zero-order chi connectivity index (χ0) is 24.3. The summed E-state index contributed by atoms with van der Waals surface area (Å²) in [4.78, 5) is 16.0. The smallest absolute Gasteiger partial charge is 0.335 e. The van der Waals surface area contributed by atoms with Crippen molar-refractivity contribution < 1.29 is 18.3 Å². The molecule has 0 unspecified atom stereocenters. The van der Waals surface area contributed by atoms with Gasteiger partial charge < -0.3 is 10.8 Å². The van der Waals surface area contributed by atoms with Crippen molar-refractivity contribution in [2.75, 3.05) is 0 Å². The maximum Gasteiger partial charge on any atom is 0.335 e. The van der Waals surface area contributed by atoms with Gasteiger partial charge in [0.15, 0.2) is 9.84 Å². The zero-order valence-electron chi connectivity index (χ0n) is 20.2. The Morgan fingerprint density at radius 1 is 0.971 bits per heavy atom. The standard InChI is InChI=1S/C26H30N2O4S.2ClH/c1-16(2)13-24-22(14-27)25(19-7-5-17(3)6-8-19)23(18(4)28-24)15-33(31,32)21-11-9-20(10-12-21)26(29)30;;/h5-12,16H,13-15,27H2,1-4H3,(H,29,30);2*1H. The van der Waals surface area contributed by atoms with Crippen LogP contribution in [0, 0.1) is 19.8 Å². The van der Waals surface area contributed by atoms with E-state index in [2.05, 4.69) is 13.8 Å². The SMILES string of the molecule is Cc1ccc(-c2c(CS(=O)(=O)c3ccc(C(=O)O)cc3)c(C)nc(CC(C)C)c2CN)cc1.Cl.Cl. The number of sulfone groups is 1. The molecule has 0 fully saturated rings. The number of aromatic nitrogens is 1. The van der Waals surface area contributed by atoms with Crippen molar-refractivity contribution in [3.63, 3.8) is 0 Å². The van der Waals surface area contributed by atoms with E-state index in [1.54, 1.807) is 0 Å². The molecule has 35 heavy (non-hydrogen) atoms. The quantitative estimate of drug-likeness (QED) is 0.389. The van der Waals surface area contributed by atoms with Crippen LogP contribution in [0.1, 0.15) is 52.3 Å². The molecule has 6 nitrogen and oxygen atoms in total. The molecule has 0 aliphatic rings. The average molecular weight is 540 g/mol. The Labute approximate surface area is 219 Å². The van der Waals surface area contributed by atoms with Crippen LogP contribution < -0.4 is 5.73 Å². The molecule has 0 atom stereocenters. The summed E-state index contributed by atoms with van der Waals surface area (Å²) in [6.07, 6.45) is 0.746. The van der Waals surface area contributed by atoms with E-state index in [0.717, 1.165) is 34.4 Å². The highest BCUT2D eigenvalue weighted by Crippen LogP contribution is 2.34. The van der Waals surface area contributed by atoms with Gasteiger partial charge in [0.1, 0.15) is 0 Å². The molecule has 9 heteroatoms. The minimum atomic E-state index is -3.75. The Morgan fingerprint density at radius 3 is 2.03 bits per heavy atom. The number of hydrogen-bond acceptors (Lipinski definition) is 5. The molecule has 3 rings (SSSR count). The summed E-state index contributed by atoms with van der Waals surface area (Å²) in [7, 11) is -3.75. The molecule has 3 N–H and O–H groups in total. The summed E-state index contributed by atoms with van der Waals surface area (Å²) in [5.74, 6) is -0.986. The first-order valence-corrected chi connectivity index (χ1v) is 12.5. The van der Waals surface area contributed by atoms with Crippen LogP contribution in [0.3, 0.4) is 0 Å². The Bertz CT molecular complexity index is 1270. The van der Waals surface area contributed by atoms with E-state index < -0.39 is 15.8 Å². The van der Waals surface area contributed by atoms with E-state index in [1.807, 2.05) is 38.1 Å². The van der Waals surface area contributed by atoms with Gasteiger partial charge in [-0.3, -0.25) is 4.98 Å². The third-order valence-electron chi connectivity index (χ3n) is 5.63. The zero-order valence-corrected chi connectivity index (χ0v) is 22.7. The molecule has 2 aromatic carbocycles. The second-order valence-corrected chi connectivity index (χ2v) is 10.7. The van der Waals surface area contributed by atoms with Gasteiger partial charge in [0.2, 0.25) is 0 Å². The number of nitrogens with two attached hydrogens (primary N) is 1. The average Bonchev–Trinajstić information content (AvgIpc) is 2.75. The summed E-state index contributed by atoms with van der Waals surface area (Å²) in [6.45, 7) is 8.31. The van der Waals surface area contributed by atoms with Gasteiger partial charge in [-0.2, -0.15) is 0 Å². The lowest BCUT2D eigenvalue weighted by atomic mass is 9.90. The molecule has 0 saturated carbocycles. The molecule has 3 aromatic rings. The summed E-state index contributed by atoms with van der Waals surface area (Å²) in [6, 6.07) is 13.2. The lowest BCUT2D eigenvalue weighted by Crippen LogP contribution is -2.15. The fraction of sp³-hybridized carbons (Fsp3) is 0.308. The Kier molecular flexibility index (Phi) is 10.9. The third kappa shape index (κ3) is 7.04. The lowest BCUT2D eigenvalue weighted by Gasteiger charge is -2.21. The topological polar surface area (TPSA) is 110 Å². The molecular formula is C26H32Cl2N2O4S. The van der Waals surface area contributed by atoms with Gasteiger partial charge in [0, 0.05) is 17.9 Å². The van der Waals surface area contributed by atoms with Crippen molar-refractivity contribution in [1.29, 1.82) is 0 Å². The van der Waals surface area contributed by atoms with Gasteiger partial charge in [-0.05, 0) is 72.7 Å². The molecule has 0 aliphatic carbocycles. The number of rotatable bonds is 8. The maximum absolute atomic E-state index is 13.3. The maximum atomic E-state index is 13.3. The van der Waals surface area contributed by atoms with E-state index >= 15 is 0 Å². The first-order chi connectivity index (χ1) is 15.5. The molecule has 0 radical (unpaired) electrons. The van der Waals surface area contributed by atoms with Crippen LogP contribution in [0.2, 0.25) is 0 Å². The number of aryl methyl sites for hydroxylation is 2. The molecule has 0 amide bonds. The number of carboxylic acid groups (broad SMARTS) is 1. The highest BCUT2D eigenvalue weighted by atomic mass is 35.5. The highest BCUT2D eigenvalue weighted by Gasteiger charge is 2.24. The minimum absolute atomic E-state index is 0. The number of hydrogen-bond donors (Lipinski definition) is 2. The fourth-order valence-corrected chi connectivity index (χ4v) is 5.39. The highest BCUT2D eigenvalue weighted by molar-refractivity contribution is 7.90. The summed E-state index contributed by atoms with van der Waals surface area (Å²) >= 11 is 0. The third-order valence-corrected chi connectivity index (χ3v) is 7.29. The second-order valence-electron chi connectivity index (χ2n) is 8.73. The minimum Gasteiger partial charge on any atom is -0.478 e. The van der Waals surface area contributed by atoms with E-state index in [-0.39, 0.29) is 47.6 Å². The molecule has 190 valence electrons. The van der Waals surface area contributed by atoms with Crippen LogP contribution in [0.25, 0.3) is 11.1 Å². The van der Waals surface area contributed by atoms with E-state index in [0.29, 0.717) is 17.2 Å². The largest absolute Gasteiger partial charge is 0.478 e. The number of carbonyl (C=O) groups is 1. The van der Waals surface area contributed by atoms with E-state index in [9.17, 15) is 13.2 Å². The normalized spacial score (nSPS) is 11.0. The molecule has 0 saturated heterocycles. The molecule has 0 aliphatic heterocycles. The Balaban J connectivity index is 0.00000306. The predicted molar refractivity (Wildman–Crippen MR) is 144 cm³/mol. The van der Waals surface area contributed by atoms with Crippen molar-refractivity contribution >= 4 is 40.6 Å². The lowest BCUT2D eigenvalue weighted by molar-refractivity contribution is 0.0696. The van der Waals surface area contributed by atoms with Gasteiger partial charge in [0.25, 0.3) is 0 Å². The van der Waals surface area contributed by atoms with Gasteiger partial charge in [-0.15, -0.1) is 24.8 Å². The molecule has 0 bridgehead atoms. The number of carboxylic acids is 1. The van der Waals surface area contributed by atoms with Crippen molar-refractivity contribution in [3.05, 3.63) is 82.2 Å². The van der Waals surface area contributed by atoms with Gasteiger partial charge >= 0.3 is 5.97 Å². The van der Waals surface area contributed by atoms with Crippen LogP contribution >= 0.6 is 24.8 Å². The fourth-order valence-electron chi connectivity index (χ4n) is 3.94. The van der Waals surface area contributed by atoms with Crippen molar-refractivity contribution in [2.45, 2.75) is 51.3 Å². The number of nitrogens with zero attached hydrogens (tertiary/aromatic N) is 1. The first kappa shape index (κ1) is 30.6. The van der Waals surface area contributed by atoms with Crippen LogP contribution in [-0.2, 0) is 28.6 Å². The van der Waals surface area contributed by atoms with Crippen LogP contribution in [0.4, 0.5) is 0 Å². The molecule has 1 aromatic heterocycles. The monoisotopic (exact) mass is 538 g/mol. The molecular weight excluding hydrogens is 507 g/mol. The molecule has 1 heterocycles. The number of benzene rings is 2. The van der Waals surface area contributed by atoms with Gasteiger partial charge in [0.05, 0.1) is 16.2 Å². The predicted octanol–water partition coefficient (Wildman–Crippen LogP) is 5.54. The summed E-state index contributed by atoms with van der Waals surface area (Å²) < 4.78 is 26.7. The van der Waals surface area contributed by atoms with Gasteiger partial charge in [-0.1, -0.05) is 43.7 Å². The summed E-state index contributed by atoms with van der Waals surface area (Å²) in [5.41, 5.74) is 12.1. The van der Waals surface area contributed by atoms with Gasteiger partial charge in [-0.25, -0.2) is 13.2 Å². The van der Waals surface area contributed by atoms with Crippen LogP contribution in [0.5, 0.6) is 0 Å². The summed E-state index contributed by atoms with van der Waals surface area (Å²) in [5, 5.41) is 9.11. The first-order valence-electron chi connectivity index (χ1n) is 10.9. The van der Waals surface area contributed by atoms with E-state index in [4.69, 9.17) is 15.8 Å². The number of halogens is 2. The number of pyridine rings is 1.